The fraction of sp³-hybridized carbons (Fsp3) is 0.600. The number of carbonyl (C=O) groups excluding carboxylic acids is 2. The van der Waals surface area contributed by atoms with Crippen molar-refractivity contribution in [3.05, 3.63) is 24.2 Å². The van der Waals surface area contributed by atoms with E-state index in [1.54, 1.807) is 18.0 Å². The molecule has 7 heteroatoms. The Bertz CT molecular complexity index is 510. The van der Waals surface area contributed by atoms with Crippen LogP contribution in [0.5, 0.6) is 0 Å². The average molecular weight is 326 g/mol. The lowest BCUT2D eigenvalue weighted by atomic mass is 10.2. The molecule has 6 nitrogen and oxygen atoms in total. The summed E-state index contributed by atoms with van der Waals surface area (Å²) in [4.78, 5) is 25.9. The molecule has 1 saturated heterocycles. The van der Waals surface area contributed by atoms with Crippen LogP contribution in [0.4, 0.5) is 4.79 Å². The summed E-state index contributed by atoms with van der Waals surface area (Å²) in [5.74, 6) is 1.74. The Morgan fingerprint density at radius 2 is 2.27 bits per heavy atom. The van der Waals surface area contributed by atoms with Gasteiger partial charge < -0.3 is 14.5 Å². The van der Waals surface area contributed by atoms with E-state index in [0.29, 0.717) is 24.6 Å². The summed E-state index contributed by atoms with van der Waals surface area (Å²) < 4.78 is 10.6. The molecule has 1 aliphatic heterocycles. The molecule has 122 valence electrons. The summed E-state index contributed by atoms with van der Waals surface area (Å²) in [6.07, 6.45) is 1.80. The van der Waals surface area contributed by atoms with E-state index in [1.165, 1.54) is 4.90 Å². The number of nitrogens with one attached hydrogen (secondary N) is 1. The second-order valence-corrected chi connectivity index (χ2v) is 7.09. The second-order valence-electron chi connectivity index (χ2n) is 6.09. The summed E-state index contributed by atoms with van der Waals surface area (Å²) >= 11 is 1.55. The molecule has 0 aliphatic carbocycles. The molecule has 0 saturated carbocycles. The van der Waals surface area contributed by atoms with Crippen molar-refractivity contribution < 1.29 is 18.7 Å². The fourth-order valence-corrected chi connectivity index (χ4v) is 3.18. The third-order valence-electron chi connectivity index (χ3n) is 3.06. The smallest absolute Gasteiger partial charge is 0.411 e. The number of hydrogen-bond acceptors (Lipinski definition) is 5. The molecular weight excluding hydrogens is 304 g/mol. The second kappa shape index (κ2) is 7.09. The van der Waals surface area contributed by atoms with Gasteiger partial charge in [-0.05, 0) is 32.9 Å². The van der Waals surface area contributed by atoms with E-state index < -0.39 is 17.7 Å². The molecule has 2 amide bonds. The Labute approximate surface area is 134 Å². The highest BCUT2D eigenvalue weighted by molar-refractivity contribution is 7.99. The zero-order valence-electron chi connectivity index (χ0n) is 13.1. The average Bonchev–Trinajstić information content (AvgIpc) is 3.07. The highest BCUT2D eigenvalue weighted by Crippen LogP contribution is 2.23. The quantitative estimate of drug-likeness (QED) is 0.919. The van der Waals surface area contributed by atoms with Crippen molar-refractivity contribution in [1.29, 1.82) is 0 Å². The molecule has 2 heterocycles. The van der Waals surface area contributed by atoms with Gasteiger partial charge in [0.25, 0.3) is 0 Å². The number of nitrogens with zero attached hydrogens (tertiary/aromatic N) is 1. The van der Waals surface area contributed by atoms with Crippen LogP contribution in [0, 0.1) is 0 Å². The Morgan fingerprint density at radius 3 is 2.91 bits per heavy atom. The maximum absolute atomic E-state index is 12.2. The Morgan fingerprint density at radius 1 is 1.50 bits per heavy atom. The Balaban J connectivity index is 1.84. The van der Waals surface area contributed by atoms with Gasteiger partial charge in [-0.15, -0.1) is 11.8 Å². The Kier molecular flexibility index (Phi) is 5.39. The van der Waals surface area contributed by atoms with E-state index in [4.69, 9.17) is 9.15 Å². The number of rotatable bonds is 4. The molecule has 0 bridgehead atoms. The van der Waals surface area contributed by atoms with Gasteiger partial charge in [-0.1, -0.05) is 0 Å². The minimum absolute atomic E-state index is 0.151. The zero-order valence-corrected chi connectivity index (χ0v) is 13.9. The molecule has 22 heavy (non-hydrogen) atoms. The van der Waals surface area contributed by atoms with Gasteiger partial charge in [-0.3, -0.25) is 9.69 Å². The first-order valence-corrected chi connectivity index (χ1v) is 8.40. The van der Waals surface area contributed by atoms with Crippen LogP contribution in [0.3, 0.4) is 0 Å². The zero-order chi connectivity index (χ0) is 16.2. The Hall–Kier alpha value is -1.63. The first kappa shape index (κ1) is 16.7. The number of ether oxygens (including phenoxy) is 1. The number of carbonyl (C=O) groups is 2. The van der Waals surface area contributed by atoms with E-state index in [2.05, 4.69) is 5.32 Å². The molecule has 0 radical (unpaired) electrons. The van der Waals surface area contributed by atoms with Crippen LogP contribution < -0.4 is 5.32 Å². The predicted octanol–water partition coefficient (Wildman–Crippen LogP) is 2.25. The van der Waals surface area contributed by atoms with Crippen LogP contribution in [-0.2, 0) is 16.0 Å². The highest BCUT2D eigenvalue weighted by Gasteiger charge is 2.36. The van der Waals surface area contributed by atoms with Crippen molar-refractivity contribution >= 4 is 23.8 Å². The van der Waals surface area contributed by atoms with Crippen LogP contribution in [0.25, 0.3) is 0 Å². The molecule has 0 unspecified atom stereocenters. The van der Waals surface area contributed by atoms with Crippen molar-refractivity contribution in [3.8, 4) is 0 Å². The largest absolute Gasteiger partial charge is 0.469 e. The van der Waals surface area contributed by atoms with E-state index >= 15 is 0 Å². The van der Waals surface area contributed by atoms with Crippen LogP contribution in [0.2, 0.25) is 0 Å². The molecular formula is C15H22N2O4S. The summed E-state index contributed by atoms with van der Waals surface area (Å²) in [6, 6.07) is 3.20. The number of amides is 2. The van der Waals surface area contributed by atoms with Crippen LogP contribution in [0.15, 0.2) is 22.8 Å². The van der Waals surface area contributed by atoms with Gasteiger partial charge in [0.1, 0.15) is 17.4 Å². The van der Waals surface area contributed by atoms with Gasteiger partial charge in [0.15, 0.2) is 0 Å². The summed E-state index contributed by atoms with van der Waals surface area (Å²) in [5, 5.41) is 2.85. The normalized spacial score (nSPS) is 18.3. The third kappa shape index (κ3) is 4.69. The summed E-state index contributed by atoms with van der Waals surface area (Å²) in [5.41, 5.74) is -0.565. The van der Waals surface area contributed by atoms with Crippen molar-refractivity contribution in [3.63, 3.8) is 0 Å². The number of hydrogen-bond donors (Lipinski definition) is 1. The lowest BCUT2D eigenvalue weighted by Gasteiger charge is -2.27. The number of thioether (sulfide) groups is 1. The molecule has 0 spiro atoms. The van der Waals surface area contributed by atoms with Crippen LogP contribution in [-0.4, -0.2) is 46.7 Å². The van der Waals surface area contributed by atoms with E-state index in [1.807, 2.05) is 32.9 Å². The molecule has 1 aromatic heterocycles. The van der Waals surface area contributed by atoms with Gasteiger partial charge in [-0.2, -0.15) is 0 Å². The molecule has 0 aromatic carbocycles. The van der Waals surface area contributed by atoms with E-state index in [-0.39, 0.29) is 5.91 Å². The minimum atomic E-state index is -0.565. The number of furan rings is 1. The molecule has 1 aliphatic rings. The first-order chi connectivity index (χ1) is 10.4. The van der Waals surface area contributed by atoms with Crippen molar-refractivity contribution in [2.75, 3.05) is 18.2 Å². The summed E-state index contributed by atoms with van der Waals surface area (Å²) in [6.45, 7) is 5.92. The van der Waals surface area contributed by atoms with Gasteiger partial charge in [0.05, 0.1) is 12.1 Å². The van der Waals surface area contributed by atoms with Gasteiger partial charge in [-0.25, -0.2) is 4.79 Å². The molecule has 1 fully saturated rings. The maximum atomic E-state index is 12.2. The minimum Gasteiger partial charge on any atom is -0.469 e. The predicted molar refractivity (Wildman–Crippen MR) is 84.6 cm³/mol. The van der Waals surface area contributed by atoms with Crippen molar-refractivity contribution in [2.45, 2.75) is 38.8 Å². The van der Waals surface area contributed by atoms with Crippen molar-refractivity contribution in [2.24, 2.45) is 0 Å². The SMILES string of the molecule is CC(C)(C)OC(=O)N1CSC[C@H]1C(=O)NCCc1ccco1. The lowest BCUT2D eigenvalue weighted by Crippen LogP contribution is -2.49. The van der Waals surface area contributed by atoms with Crippen LogP contribution in [0.1, 0.15) is 26.5 Å². The first-order valence-electron chi connectivity index (χ1n) is 7.24. The topological polar surface area (TPSA) is 71.8 Å². The van der Waals surface area contributed by atoms with Gasteiger partial charge >= 0.3 is 6.09 Å². The fourth-order valence-electron chi connectivity index (χ4n) is 2.04. The van der Waals surface area contributed by atoms with E-state index in [9.17, 15) is 9.59 Å². The van der Waals surface area contributed by atoms with Gasteiger partial charge in [0, 0.05) is 18.7 Å². The maximum Gasteiger partial charge on any atom is 0.411 e. The third-order valence-corrected chi connectivity index (χ3v) is 4.08. The van der Waals surface area contributed by atoms with Crippen molar-refractivity contribution in [1.82, 2.24) is 10.2 Å². The monoisotopic (exact) mass is 326 g/mol. The molecule has 2 rings (SSSR count). The molecule has 1 N–H and O–H groups in total. The van der Waals surface area contributed by atoms with Gasteiger partial charge in [0.2, 0.25) is 5.91 Å². The van der Waals surface area contributed by atoms with Crippen LogP contribution >= 0.6 is 11.8 Å². The molecule has 1 aromatic rings. The molecule has 1 atom stereocenters. The summed E-state index contributed by atoms with van der Waals surface area (Å²) in [7, 11) is 0. The lowest BCUT2D eigenvalue weighted by molar-refractivity contribution is -0.125. The highest BCUT2D eigenvalue weighted by atomic mass is 32.2. The van der Waals surface area contributed by atoms with E-state index in [0.717, 1.165) is 5.76 Å². The standard InChI is InChI=1S/C15H22N2O4S/c1-15(2,3)21-14(19)17-10-22-9-12(17)13(18)16-7-6-11-5-4-8-20-11/h4-5,8,12H,6-7,9-10H2,1-3H3,(H,16,18)/t12-/m0/s1.